The van der Waals surface area contributed by atoms with Crippen LogP contribution in [-0.2, 0) is 22.5 Å². The summed E-state index contributed by atoms with van der Waals surface area (Å²) in [4.78, 5) is 0. The van der Waals surface area contributed by atoms with Crippen LogP contribution in [0, 0.1) is 5.82 Å². The molecule has 0 amide bonds. The maximum absolute atomic E-state index is 13.3. The van der Waals surface area contributed by atoms with Gasteiger partial charge in [0.1, 0.15) is 5.82 Å². The fourth-order valence-electron chi connectivity index (χ4n) is 2.67. The number of pyridine rings is 1. The molecular formula is C15H20FN3O2. The van der Waals surface area contributed by atoms with Gasteiger partial charge in [0, 0.05) is 12.2 Å². The lowest BCUT2D eigenvalue weighted by Crippen LogP contribution is -2.22. The van der Waals surface area contributed by atoms with Gasteiger partial charge in [-0.1, -0.05) is 0 Å². The summed E-state index contributed by atoms with van der Waals surface area (Å²) >= 11 is 0. The van der Waals surface area contributed by atoms with Crippen LogP contribution in [0.15, 0.2) is 18.3 Å². The number of aromatic nitrogens is 2. The topological polar surface area (TPSA) is 61.8 Å². The molecule has 21 heavy (non-hydrogen) atoms. The van der Waals surface area contributed by atoms with Crippen molar-refractivity contribution in [2.24, 2.45) is 5.73 Å². The number of nitrogens with two attached hydrogens (primary N) is 1. The average Bonchev–Trinajstić information content (AvgIpc) is 2.84. The second kappa shape index (κ2) is 6.51. The molecule has 1 saturated heterocycles. The molecule has 0 aromatic carbocycles. The van der Waals surface area contributed by atoms with Crippen LogP contribution in [0.1, 0.15) is 30.5 Å². The zero-order valence-corrected chi connectivity index (χ0v) is 11.9. The molecule has 0 spiro atoms. The summed E-state index contributed by atoms with van der Waals surface area (Å²) in [5, 5.41) is 4.42. The van der Waals surface area contributed by atoms with Crippen molar-refractivity contribution in [2.45, 2.75) is 38.6 Å². The van der Waals surface area contributed by atoms with E-state index in [2.05, 4.69) is 5.10 Å². The van der Waals surface area contributed by atoms with Gasteiger partial charge in [-0.05, 0) is 44.4 Å². The summed E-state index contributed by atoms with van der Waals surface area (Å²) in [6.07, 6.45) is 5.03. The predicted molar refractivity (Wildman–Crippen MR) is 76.3 cm³/mol. The van der Waals surface area contributed by atoms with Gasteiger partial charge >= 0.3 is 0 Å². The quantitative estimate of drug-likeness (QED) is 0.916. The number of ether oxygens (including phenoxy) is 2. The molecule has 0 bridgehead atoms. The highest BCUT2D eigenvalue weighted by Gasteiger charge is 2.17. The molecule has 1 unspecified atom stereocenters. The lowest BCUT2D eigenvalue weighted by molar-refractivity contribution is -0.169. The first kappa shape index (κ1) is 14.4. The summed E-state index contributed by atoms with van der Waals surface area (Å²) in [6.45, 7) is 1.63. The van der Waals surface area contributed by atoms with Gasteiger partial charge < -0.3 is 15.2 Å². The Labute approximate surface area is 122 Å². The highest BCUT2D eigenvalue weighted by molar-refractivity contribution is 5.56. The summed E-state index contributed by atoms with van der Waals surface area (Å²) in [7, 11) is 0. The molecule has 2 aromatic rings. The number of halogens is 1. The zero-order chi connectivity index (χ0) is 14.7. The van der Waals surface area contributed by atoms with Crippen LogP contribution in [0.2, 0.25) is 0 Å². The molecule has 3 rings (SSSR count). The van der Waals surface area contributed by atoms with E-state index < -0.39 is 0 Å². The third-order valence-electron chi connectivity index (χ3n) is 3.72. The molecule has 2 N–H and O–H groups in total. The number of fused-ring (bicyclic) bond motifs is 1. The molecule has 1 fully saturated rings. The molecule has 6 heteroatoms. The number of rotatable bonds is 5. The predicted octanol–water partition coefficient (Wildman–Crippen LogP) is 2.02. The second-order valence-electron chi connectivity index (χ2n) is 5.25. The Bertz CT molecular complexity index is 608. The van der Waals surface area contributed by atoms with Crippen molar-refractivity contribution in [3.63, 3.8) is 0 Å². The maximum atomic E-state index is 13.3. The highest BCUT2D eigenvalue weighted by atomic mass is 19.1. The van der Waals surface area contributed by atoms with E-state index in [1.165, 1.54) is 12.3 Å². The van der Waals surface area contributed by atoms with E-state index in [0.29, 0.717) is 19.6 Å². The first-order chi connectivity index (χ1) is 10.3. The Hall–Kier alpha value is -1.50. The van der Waals surface area contributed by atoms with Crippen LogP contribution in [-0.4, -0.2) is 29.1 Å². The second-order valence-corrected chi connectivity index (χ2v) is 5.25. The molecule has 0 radical (unpaired) electrons. The Morgan fingerprint density at radius 3 is 3.10 bits per heavy atom. The van der Waals surface area contributed by atoms with Crippen molar-refractivity contribution in [1.29, 1.82) is 0 Å². The van der Waals surface area contributed by atoms with Crippen LogP contribution in [0.4, 0.5) is 4.39 Å². The minimum absolute atomic E-state index is 0.161. The number of nitrogens with zero attached hydrogens (tertiary/aromatic N) is 2. The van der Waals surface area contributed by atoms with Crippen LogP contribution < -0.4 is 5.73 Å². The van der Waals surface area contributed by atoms with E-state index in [4.69, 9.17) is 15.2 Å². The molecular weight excluding hydrogens is 273 g/mol. The summed E-state index contributed by atoms with van der Waals surface area (Å²) in [6, 6.07) is 3.17. The molecule has 3 heterocycles. The molecule has 1 aliphatic heterocycles. The third kappa shape index (κ3) is 3.23. The van der Waals surface area contributed by atoms with Gasteiger partial charge in [0.15, 0.2) is 6.29 Å². The molecule has 114 valence electrons. The van der Waals surface area contributed by atoms with Gasteiger partial charge in [0.05, 0.1) is 24.0 Å². The first-order valence-corrected chi connectivity index (χ1v) is 7.37. The maximum Gasteiger partial charge on any atom is 0.158 e. The Morgan fingerprint density at radius 1 is 1.43 bits per heavy atom. The van der Waals surface area contributed by atoms with E-state index in [-0.39, 0.29) is 12.1 Å². The van der Waals surface area contributed by atoms with Crippen LogP contribution in [0.25, 0.3) is 5.52 Å². The lowest BCUT2D eigenvalue weighted by atomic mass is 10.1. The van der Waals surface area contributed by atoms with Gasteiger partial charge in [-0.15, -0.1) is 0 Å². The van der Waals surface area contributed by atoms with E-state index in [9.17, 15) is 4.39 Å². The number of hydrogen-bond acceptors (Lipinski definition) is 4. The molecule has 2 aromatic heterocycles. The Balaban J connectivity index is 1.80. The fraction of sp³-hybridized carbons (Fsp3) is 0.533. The fourth-order valence-corrected chi connectivity index (χ4v) is 2.67. The minimum Gasteiger partial charge on any atom is -0.353 e. The average molecular weight is 293 g/mol. The third-order valence-corrected chi connectivity index (χ3v) is 3.72. The van der Waals surface area contributed by atoms with Crippen LogP contribution >= 0.6 is 0 Å². The van der Waals surface area contributed by atoms with Crippen molar-refractivity contribution in [3.8, 4) is 0 Å². The van der Waals surface area contributed by atoms with E-state index >= 15 is 0 Å². The van der Waals surface area contributed by atoms with Crippen LogP contribution in [0.3, 0.4) is 0 Å². The standard InChI is InChI=1S/C15H20FN3O2/c16-11-4-5-14-12(6-7-17)13(18-19(14)9-11)10-21-15-3-1-2-8-20-15/h4-5,9,15H,1-3,6-8,10,17H2. The molecule has 0 aliphatic carbocycles. The zero-order valence-electron chi connectivity index (χ0n) is 11.9. The molecule has 1 atom stereocenters. The molecule has 5 nitrogen and oxygen atoms in total. The van der Waals surface area contributed by atoms with Gasteiger partial charge in [0.2, 0.25) is 0 Å². The van der Waals surface area contributed by atoms with E-state index in [0.717, 1.165) is 42.6 Å². The smallest absolute Gasteiger partial charge is 0.158 e. The summed E-state index contributed by atoms with van der Waals surface area (Å²) in [5.41, 5.74) is 8.38. The Morgan fingerprint density at radius 2 is 2.33 bits per heavy atom. The Kier molecular flexibility index (Phi) is 4.48. The van der Waals surface area contributed by atoms with Gasteiger partial charge in [0.25, 0.3) is 0 Å². The van der Waals surface area contributed by atoms with Gasteiger partial charge in [-0.3, -0.25) is 0 Å². The minimum atomic E-state index is -0.313. The van der Waals surface area contributed by atoms with Gasteiger partial charge in [-0.25, -0.2) is 8.91 Å². The van der Waals surface area contributed by atoms with E-state index in [1.54, 1.807) is 10.6 Å². The van der Waals surface area contributed by atoms with Crippen molar-refractivity contribution >= 4 is 5.52 Å². The summed E-state index contributed by atoms with van der Waals surface area (Å²) in [5.74, 6) is -0.313. The molecule has 0 saturated carbocycles. The molecule has 1 aliphatic rings. The van der Waals surface area contributed by atoms with E-state index in [1.807, 2.05) is 0 Å². The van der Waals surface area contributed by atoms with Crippen molar-refractivity contribution in [3.05, 3.63) is 35.4 Å². The van der Waals surface area contributed by atoms with Crippen molar-refractivity contribution in [1.82, 2.24) is 9.61 Å². The van der Waals surface area contributed by atoms with Gasteiger partial charge in [-0.2, -0.15) is 5.10 Å². The normalized spacial score (nSPS) is 19.2. The van der Waals surface area contributed by atoms with Crippen molar-refractivity contribution < 1.29 is 13.9 Å². The largest absolute Gasteiger partial charge is 0.353 e. The monoisotopic (exact) mass is 293 g/mol. The van der Waals surface area contributed by atoms with Crippen molar-refractivity contribution in [2.75, 3.05) is 13.2 Å². The highest BCUT2D eigenvalue weighted by Crippen LogP contribution is 2.20. The SMILES string of the molecule is NCCc1c(COC2CCCCO2)nn2cc(F)ccc12. The number of hydrogen-bond donors (Lipinski definition) is 1. The summed E-state index contributed by atoms with van der Waals surface area (Å²) < 4.78 is 26.2. The van der Waals surface area contributed by atoms with Crippen LogP contribution in [0.5, 0.6) is 0 Å². The first-order valence-electron chi connectivity index (χ1n) is 7.37. The lowest BCUT2D eigenvalue weighted by Gasteiger charge is -2.22.